The van der Waals surface area contributed by atoms with Gasteiger partial charge in [0, 0.05) is 17.2 Å². The molecule has 0 heterocycles. The Bertz CT molecular complexity index is 762. The average molecular weight is 268 g/mol. The Hall–Kier alpha value is -2.29. The molecule has 0 N–H and O–H groups in total. The normalized spacial score (nSPS) is 13.2. The first-order valence-electron chi connectivity index (χ1n) is 6.61. The van der Waals surface area contributed by atoms with Crippen LogP contribution in [0.5, 0.6) is 11.5 Å². The Labute approximate surface area is 117 Å². The quantitative estimate of drug-likeness (QED) is 0.716. The maximum Gasteiger partial charge on any atom is 0.163 e. The molecule has 0 aliphatic heterocycles. The van der Waals surface area contributed by atoms with Crippen LogP contribution in [0.3, 0.4) is 0 Å². The van der Waals surface area contributed by atoms with E-state index in [1.165, 1.54) is 10.4 Å². The molecule has 0 saturated heterocycles. The van der Waals surface area contributed by atoms with Gasteiger partial charge in [-0.25, -0.2) is 0 Å². The molecule has 20 heavy (non-hydrogen) atoms. The second kappa shape index (κ2) is 5.00. The molecule has 4 rings (SSSR count). The molecule has 0 fully saturated rings. The minimum Gasteiger partial charge on any atom is -0.497 e. The van der Waals surface area contributed by atoms with Gasteiger partial charge in [-0.1, -0.05) is 12.1 Å². The summed E-state index contributed by atoms with van der Waals surface area (Å²) >= 11 is 0. The van der Waals surface area contributed by atoms with E-state index in [-0.39, 0.29) is 5.78 Å². The fraction of sp³-hybridized carbons (Fsp3) is 0.235. The van der Waals surface area contributed by atoms with Gasteiger partial charge < -0.3 is 9.47 Å². The Morgan fingerprint density at radius 1 is 0.950 bits per heavy atom. The first-order chi connectivity index (χ1) is 9.72. The Morgan fingerprint density at radius 2 is 1.80 bits per heavy atom. The third-order valence-electron chi connectivity index (χ3n) is 3.75. The van der Waals surface area contributed by atoms with E-state index in [1.54, 1.807) is 14.2 Å². The lowest BCUT2D eigenvalue weighted by atomic mass is 10.1. The van der Waals surface area contributed by atoms with Crippen LogP contribution < -0.4 is 9.47 Å². The number of aryl methyl sites for hydroxylation is 1. The standard InChI is InChI=1S/C10H10O2.C7H6O/c1-12-8-3-4-9-7(6-8)2-5-10(9)11;1-8-7-4-5-2-3-6(5)7/h3-4,6H,2,5H2,1H3;2-4H,1H3. The maximum absolute atomic E-state index is 11.2. The number of benzene rings is 2. The molecule has 0 radical (unpaired) electrons. The van der Waals surface area contributed by atoms with Crippen LogP contribution in [-0.2, 0) is 6.42 Å². The number of rotatable bonds is 2. The van der Waals surface area contributed by atoms with E-state index in [0.717, 1.165) is 29.0 Å². The van der Waals surface area contributed by atoms with Gasteiger partial charge in [-0.2, -0.15) is 0 Å². The summed E-state index contributed by atoms with van der Waals surface area (Å²) in [6.07, 6.45) is 1.52. The van der Waals surface area contributed by atoms with Gasteiger partial charge in [-0.15, -0.1) is 0 Å². The van der Waals surface area contributed by atoms with Crippen LogP contribution >= 0.6 is 0 Å². The highest BCUT2D eigenvalue weighted by molar-refractivity contribution is 6.00. The molecule has 3 aliphatic rings. The highest BCUT2D eigenvalue weighted by Gasteiger charge is 2.19. The molecule has 1 aromatic rings. The molecule has 0 amide bonds. The summed E-state index contributed by atoms with van der Waals surface area (Å²) in [5.41, 5.74) is 2.00. The van der Waals surface area contributed by atoms with Gasteiger partial charge in [0.1, 0.15) is 11.5 Å². The molecule has 0 atom stereocenters. The lowest BCUT2D eigenvalue weighted by Crippen LogP contribution is -1.92. The summed E-state index contributed by atoms with van der Waals surface area (Å²) < 4.78 is 10.0. The van der Waals surface area contributed by atoms with Crippen LogP contribution in [0.2, 0.25) is 0 Å². The molecule has 3 heteroatoms. The van der Waals surface area contributed by atoms with Gasteiger partial charge >= 0.3 is 0 Å². The molecule has 3 nitrogen and oxygen atoms in total. The van der Waals surface area contributed by atoms with Crippen molar-refractivity contribution in [2.24, 2.45) is 0 Å². The van der Waals surface area contributed by atoms with Gasteiger partial charge in [0.2, 0.25) is 0 Å². The lowest BCUT2D eigenvalue weighted by molar-refractivity contribution is 0.0994. The molecule has 0 spiro atoms. The molecule has 102 valence electrons. The fourth-order valence-corrected chi connectivity index (χ4v) is 2.48. The predicted octanol–water partition coefficient (Wildman–Crippen LogP) is 3.12. The van der Waals surface area contributed by atoms with E-state index < -0.39 is 0 Å². The average Bonchev–Trinajstić information content (AvgIpc) is 2.83. The molecular formula is C17H16O3. The van der Waals surface area contributed by atoms with Crippen molar-refractivity contribution in [2.45, 2.75) is 12.8 Å². The van der Waals surface area contributed by atoms with Crippen molar-refractivity contribution in [1.82, 2.24) is 0 Å². The number of hydrogen-bond acceptors (Lipinski definition) is 3. The summed E-state index contributed by atoms with van der Waals surface area (Å²) in [5, 5.41) is 2.62. The highest BCUT2D eigenvalue weighted by atomic mass is 16.5. The van der Waals surface area contributed by atoms with E-state index in [9.17, 15) is 4.79 Å². The number of fused-ring (bicyclic) bond motifs is 1. The van der Waals surface area contributed by atoms with Crippen LogP contribution in [0.15, 0.2) is 36.4 Å². The van der Waals surface area contributed by atoms with E-state index in [0.29, 0.717) is 6.42 Å². The molecule has 0 saturated carbocycles. The van der Waals surface area contributed by atoms with Gasteiger partial charge in [-0.05, 0) is 41.5 Å². The predicted molar refractivity (Wildman–Crippen MR) is 76.3 cm³/mol. The SMILES string of the molecule is COc1cc2ccc1=2.COc1ccc2c(c1)CCC2=O. The monoisotopic (exact) mass is 268 g/mol. The largest absolute Gasteiger partial charge is 0.497 e. The minimum absolute atomic E-state index is 0.257. The summed E-state index contributed by atoms with van der Waals surface area (Å²) in [6.45, 7) is 0. The van der Waals surface area contributed by atoms with E-state index >= 15 is 0 Å². The van der Waals surface area contributed by atoms with Crippen molar-refractivity contribution in [3.05, 3.63) is 58.0 Å². The lowest BCUT2D eigenvalue weighted by Gasteiger charge is -2.08. The van der Waals surface area contributed by atoms with Crippen LogP contribution in [0.25, 0.3) is 0 Å². The number of hydrogen-bond donors (Lipinski definition) is 0. The van der Waals surface area contributed by atoms with Crippen molar-refractivity contribution in [2.75, 3.05) is 14.2 Å². The number of ether oxygens (including phenoxy) is 2. The van der Waals surface area contributed by atoms with Crippen molar-refractivity contribution >= 4 is 5.78 Å². The second-order valence-corrected chi connectivity index (χ2v) is 4.86. The van der Waals surface area contributed by atoms with Gasteiger partial charge in [0.25, 0.3) is 0 Å². The second-order valence-electron chi connectivity index (χ2n) is 4.86. The topological polar surface area (TPSA) is 35.5 Å². The zero-order valence-electron chi connectivity index (χ0n) is 11.6. The number of methoxy groups -OCH3 is 2. The zero-order valence-corrected chi connectivity index (χ0v) is 11.6. The summed E-state index contributed by atoms with van der Waals surface area (Å²) in [4.78, 5) is 11.2. The molecule has 0 aromatic heterocycles. The zero-order chi connectivity index (χ0) is 14.1. The molecule has 3 aliphatic carbocycles. The van der Waals surface area contributed by atoms with Crippen LogP contribution in [0.1, 0.15) is 22.3 Å². The Morgan fingerprint density at radius 3 is 2.30 bits per heavy atom. The molecule has 1 aromatic carbocycles. The van der Waals surface area contributed by atoms with Crippen molar-refractivity contribution in [1.29, 1.82) is 0 Å². The summed E-state index contributed by atoms with van der Waals surface area (Å²) in [7, 11) is 3.33. The van der Waals surface area contributed by atoms with E-state index in [4.69, 9.17) is 9.47 Å². The summed E-state index contributed by atoms with van der Waals surface area (Å²) in [5.74, 6) is 2.12. The Balaban J connectivity index is 0.000000131. The molecular weight excluding hydrogens is 252 g/mol. The first kappa shape index (κ1) is 12.7. The first-order valence-corrected chi connectivity index (χ1v) is 6.61. The van der Waals surface area contributed by atoms with Crippen molar-refractivity contribution < 1.29 is 14.3 Å². The number of carbonyl (C=O) groups excluding carboxylic acids is 1. The number of Topliss-reactive ketones (excluding diaryl/α,β-unsaturated/α-hetero) is 1. The van der Waals surface area contributed by atoms with Crippen molar-refractivity contribution in [3.63, 3.8) is 0 Å². The van der Waals surface area contributed by atoms with Crippen molar-refractivity contribution in [3.8, 4) is 11.5 Å². The van der Waals surface area contributed by atoms with Crippen LogP contribution in [0.4, 0.5) is 0 Å². The van der Waals surface area contributed by atoms with E-state index in [2.05, 4.69) is 12.1 Å². The summed E-state index contributed by atoms with van der Waals surface area (Å²) in [6, 6.07) is 11.8. The number of ketones is 1. The van der Waals surface area contributed by atoms with Gasteiger partial charge in [0.05, 0.1) is 14.2 Å². The fourth-order valence-electron chi connectivity index (χ4n) is 2.48. The molecule has 0 unspecified atom stereocenters. The molecule has 0 bridgehead atoms. The highest BCUT2D eigenvalue weighted by Crippen LogP contribution is 2.25. The maximum atomic E-state index is 11.2. The minimum atomic E-state index is 0.257. The van der Waals surface area contributed by atoms with Gasteiger partial charge in [0.15, 0.2) is 5.78 Å². The number of carbonyl (C=O) groups is 1. The van der Waals surface area contributed by atoms with Crippen LogP contribution in [0, 0.1) is 10.4 Å². The van der Waals surface area contributed by atoms with Crippen LogP contribution in [-0.4, -0.2) is 20.0 Å². The Kier molecular flexibility index (Phi) is 3.18. The smallest absolute Gasteiger partial charge is 0.163 e. The van der Waals surface area contributed by atoms with E-state index in [1.807, 2.05) is 24.3 Å². The third-order valence-corrected chi connectivity index (χ3v) is 3.75. The van der Waals surface area contributed by atoms with Gasteiger partial charge in [-0.3, -0.25) is 4.79 Å². The third kappa shape index (κ3) is 2.05.